The standard InChI is InChI=1S/C14H18O4/c1-11(15)17-13(3,4)9-7-8-10-14(5,6)18-12(2)16/h1-6H3. The molecular weight excluding hydrogens is 232 g/mol. The smallest absolute Gasteiger partial charge is 0.304 e. The summed E-state index contributed by atoms with van der Waals surface area (Å²) in [4.78, 5) is 21.6. The summed E-state index contributed by atoms with van der Waals surface area (Å²) in [6, 6.07) is 0. The predicted molar refractivity (Wildman–Crippen MR) is 67.2 cm³/mol. The summed E-state index contributed by atoms with van der Waals surface area (Å²) in [5, 5.41) is 0. The molecule has 18 heavy (non-hydrogen) atoms. The number of esters is 2. The summed E-state index contributed by atoms with van der Waals surface area (Å²) >= 11 is 0. The lowest BCUT2D eigenvalue weighted by Gasteiger charge is -2.17. The van der Waals surface area contributed by atoms with Crippen LogP contribution < -0.4 is 0 Å². The molecule has 0 aliphatic heterocycles. The van der Waals surface area contributed by atoms with Crippen LogP contribution >= 0.6 is 0 Å². The van der Waals surface area contributed by atoms with E-state index in [1.807, 2.05) is 0 Å². The number of rotatable bonds is 2. The van der Waals surface area contributed by atoms with E-state index >= 15 is 0 Å². The van der Waals surface area contributed by atoms with Gasteiger partial charge in [-0.1, -0.05) is 0 Å². The average Bonchev–Trinajstić information content (AvgIpc) is 2.08. The van der Waals surface area contributed by atoms with E-state index < -0.39 is 23.1 Å². The largest absolute Gasteiger partial charge is 0.447 e. The summed E-state index contributed by atoms with van der Waals surface area (Å²) in [5.74, 6) is 9.78. The highest BCUT2D eigenvalue weighted by Gasteiger charge is 2.18. The Labute approximate surface area is 108 Å². The molecule has 0 spiro atoms. The third-order valence-electron chi connectivity index (χ3n) is 1.59. The zero-order valence-electron chi connectivity index (χ0n) is 11.6. The Morgan fingerprint density at radius 3 is 1.28 bits per heavy atom. The number of hydrogen-bond donors (Lipinski definition) is 0. The molecule has 4 nitrogen and oxygen atoms in total. The van der Waals surface area contributed by atoms with E-state index in [1.54, 1.807) is 27.7 Å². The van der Waals surface area contributed by atoms with Gasteiger partial charge in [-0.3, -0.25) is 9.59 Å². The number of hydrogen-bond acceptors (Lipinski definition) is 4. The Kier molecular flexibility index (Phi) is 5.46. The lowest BCUT2D eigenvalue weighted by molar-refractivity contribution is -0.150. The second-order valence-electron chi connectivity index (χ2n) is 4.71. The minimum Gasteiger partial charge on any atom is -0.447 e. The summed E-state index contributed by atoms with van der Waals surface area (Å²) in [6.07, 6.45) is 0. The maximum absolute atomic E-state index is 10.8. The highest BCUT2D eigenvalue weighted by molar-refractivity contribution is 5.67. The van der Waals surface area contributed by atoms with Crippen LogP contribution in [-0.2, 0) is 19.1 Å². The van der Waals surface area contributed by atoms with E-state index in [2.05, 4.69) is 23.7 Å². The lowest BCUT2D eigenvalue weighted by atomic mass is 10.1. The van der Waals surface area contributed by atoms with Gasteiger partial charge in [0.25, 0.3) is 0 Å². The summed E-state index contributed by atoms with van der Waals surface area (Å²) in [6.45, 7) is 9.30. The first kappa shape index (κ1) is 16.1. The van der Waals surface area contributed by atoms with Crippen molar-refractivity contribution >= 4 is 11.9 Å². The zero-order valence-corrected chi connectivity index (χ0v) is 11.6. The first-order chi connectivity index (χ1) is 8.04. The van der Waals surface area contributed by atoms with Crippen molar-refractivity contribution in [2.24, 2.45) is 0 Å². The Morgan fingerprint density at radius 1 is 0.778 bits per heavy atom. The Bertz CT molecular complexity index is 406. The van der Waals surface area contributed by atoms with Crippen LogP contribution in [0.4, 0.5) is 0 Å². The first-order valence-electron chi connectivity index (χ1n) is 5.47. The molecule has 0 aliphatic carbocycles. The van der Waals surface area contributed by atoms with Gasteiger partial charge in [-0.05, 0) is 51.4 Å². The van der Waals surface area contributed by atoms with Gasteiger partial charge in [0.2, 0.25) is 0 Å². The molecule has 0 heterocycles. The second-order valence-corrected chi connectivity index (χ2v) is 4.71. The maximum atomic E-state index is 10.8. The fraction of sp³-hybridized carbons (Fsp3) is 0.571. The fourth-order valence-corrected chi connectivity index (χ4v) is 1.13. The monoisotopic (exact) mass is 250 g/mol. The molecule has 0 saturated carbocycles. The van der Waals surface area contributed by atoms with Crippen LogP contribution in [0.2, 0.25) is 0 Å². The van der Waals surface area contributed by atoms with Gasteiger partial charge in [-0.25, -0.2) is 0 Å². The Balaban J connectivity index is 4.69. The maximum Gasteiger partial charge on any atom is 0.304 e. The van der Waals surface area contributed by atoms with Crippen molar-refractivity contribution in [3.05, 3.63) is 0 Å². The molecular formula is C14H18O4. The molecule has 0 fully saturated rings. The van der Waals surface area contributed by atoms with E-state index in [4.69, 9.17) is 9.47 Å². The number of carbonyl (C=O) groups is 2. The molecule has 0 aliphatic rings. The Morgan fingerprint density at radius 2 is 1.06 bits per heavy atom. The van der Waals surface area contributed by atoms with Crippen LogP contribution in [0.25, 0.3) is 0 Å². The molecule has 0 aromatic heterocycles. The normalized spacial score (nSPS) is 10.3. The molecule has 4 heteroatoms. The molecule has 0 amide bonds. The quantitative estimate of drug-likeness (QED) is 0.552. The van der Waals surface area contributed by atoms with Crippen LogP contribution in [-0.4, -0.2) is 23.1 Å². The molecule has 98 valence electrons. The topological polar surface area (TPSA) is 52.6 Å². The van der Waals surface area contributed by atoms with Crippen LogP contribution in [0.15, 0.2) is 0 Å². The molecule has 0 saturated heterocycles. The Hall–Kier alpha value is -1.94. The molecule has 0 unspecified atom stereocenters. The second kappa shape index (κ2) is 6.12. The highest BCUT2D eigenvalue weighted by atomic mass is 16.6. The first-order valence-corrected chi connectivity index (χ1v) is 5.47. The van der Waals surface area contributed by atoms with Crippen molar-refractivity contribution < 1.29 is 19.1 Å². The van der Waals surface area contributed by atoms with Crippen LogP contribution in [0.5, 0.6) is 0 Å². The third-order valence-corrected chi connectivity index (χ3v) is 1.59. The van der Waals surface area contributed by atoms with E-state index in [0.29, 0.717) is 0 Å². The van der Waals surface area contributed by atoms with E-state index in [0.717, 1.165) is 0 Å². The molecule has 0 aromatic carbocycles. The van der Waals surface area contributed by atoms with E-state index in [-0.39, 0.29) is 0 Å². The third kappa shape index (κ3) is 8.24. The van der Waals surface area contributed by atoms with Gasteiger partial charge < -0.3 is 9.47 Å². The van der Waals surface area contributed by atoms with Gasteiger partial charge in [0.05, 0.1) is 0 Å². The van der Waals surface area contributed by atoms with Crippen molar-refractivity contribution in [3.63, 3.8) is 0 Å². The molecule has 0 rings (SSSR count). The molecule has 0 aromatic rings. The van der Waals surface area contributed by atoms with Crippen molar-refractivity contribution in [2.75, 3.05) is 0 Å². The van der Waals surface area contributed by atoms with Crippen LogP contribution in [0.3, 0.4) is 0 Å². The van der Waals surface area contributed by atoms with Crippen molar-refractivity contribution in [1.82, 2.24) is 0 Å². The van der Waals surface area contributed by atoms with Crippen molar-refractivity contribution in [2.45, 2.75) is 52.7 Å². The average molecular weight is 250 g/mol. The van der Waals surface area contributed by atoms with Crippen molar-refractivity contribution in [1.29, 1.82) is 0 Å². The summed E-state index contributed by atoms with van der Waals surface area (Å²) < 4.78 is 9.94. The minimum absolute atomic E-state index is 0.400. The minimum atomic E-state index is -0.883. The van der Waals surface area contributed by atoms with E-state index in [9.17, 15) is 9.59 Å². The molecule has 0 atom stereocenters. The highest BCUT2D eigenvalue weighted by Crippen LogP contribution is 2.08. The van der Waals surface area contributed by atoms with Gasteiger partial charge in [0, 0.05) is 13.8 Å². The zero-order chi connectivity index (χ0) is 14.4. The fourth-order valence-electron chi connectivity index (χ4n) is 1.13. The van der Waals surface area contributed by atoms with Crippen LogP contribution in [0, 0.1) is 23.7 Å². The SMILES string of the molecule is CC(=O)OC(C)(C)C#CC#CC(C)(C)OC(C)=O. The van der Waals surface area contributed by atoms with Gasteiger partial charge in [-0.2, -0.15) is 0 Å². The van der Waals surface area contributed by atoms with Gasteiger partial charge in [-0.15, -0.1) is 0 Å². The molecule has 0 bridgehead atoms. The predicted octanol–water partition coefficient (Wildman–Crippen LogP) is 1.68. The number of ether oxygens (including phenoxy) is 2. The van der Waals surface area contributed by atoms with Crippen LogP contribution in [0.1, 0.15) is 41.5 Å². The molecule has 0 N–H and O–H groups in total. The van der Waals surface area contributed by atoms with Gasteiger partial charge in [0.1, 0.15) is 0 Å². The summed E-state index contributed by atoms with van der Waals surface area (Å²) in [7, 11) is 0. The lowest BCUT2D eigenvalue weighted by Crippen LogP contribution is -2.25. The van der Waals surface area contributed by atoms with E-state index in [1.165, 1.54) is 13.8 Å². The summed E-state index contributed by atoms with van der Waals surface area (Å²) in [5.41, 5.74) is -1.77. The van der Waals surface area contributed by atoms with Gasteiger partial charge >= 0.3 is 11.9 Å². The number of carbonyl (C=O) groups excluding carboxylic acids is 2. The van der Waals surface area contributed by atoms with Gasteiger partial charge in [0.15, 0.2) is 11.2 Å². The van der Waals surface area contributed by atoms with Crippen molar-refractivity contribution in [3.8, 4) is 23.7 Å². The molecule has 0 radical (unpaired) electrons.